The zero-order valence-electron chi connectivity index (χ0n) is 19.7. The summed E-state index contributed by atoms with van der Waals surface area (Å²) in [5.74, 6) is 3.93. The smallest absolute Gasteiger partial charge is 0.133 e. The van der Waals surface area contributed by atoms with Gasteiger partial charge in [0.25, 0.3) is 0 Å². The average Bonchev–Trinajstić information content (AvgIpc) is 3.19. The van der Waals surface area contributed by atoms with Crippen LogP contribution in [0.15, 0.2) is 11.1 Å². The number of hydrogen-bond donors (Lipinski definition) is 2. The molecular formula is C27H41NO3. The molecular weight excluding hydrogens is 386 g/mol. The van der Waals surface area contributed by atoms with Gasteiger partial charge in [-0.2, -0.15) is 0 Å². The molecule has 0 radical (unpaired) electrons. The molecule has 1 spiro atoms. The molecule has 2 aliphatic heterocycles. The first-order valence-electron chi connectivity index (χ1n) is 13.1. The van der Waals surface area contributed by atoms with Crippen molar-refractivity contribution < 1.29 is 14.6 Å². The third kappa shape index (κ3) is 3.00. The van der Waals surface area contributed by atoms with Crippen LogP contribution in [0.2, 0.25) is 0 Å². The van der Waals surface area contributed by atoms with E-state index in [2.05, 4.69) is 26.1 Å². The molecule has 172 valence electrons. The van der Waals surface area contributed by atoms with Crippen molar-refractivity contribution in [1.82, 2.24) is 5.32 Å². The average molecular weight is 428 g/mol. The molecule has 2 N–H and O–H groups in total. The van der Waals surface area contributed by atoms with E-state index in [1.807, 2.05) is 0 Å². The van der Waals surface area contributed by atoms with Gasteiger partial charge in [0.05, 0.1) is 17.7 Å². The van der Waals surface area contributed by atoms with Crippen LogP contribution in [0.5, 0.6) is 0 Å². The molecule has 4 aliphatic carbocycles. The van der Waals surface area contributed by atoms with Gasteiger partial charge in [-0.25, -0.2) is 0 Å². The molecule has 31 heavy (non-hydrogen) atoms. The van der Waals surface area contributed by atoms with E-state index >= 15 is 0 Å². The Bertz CT molecular complexity index is 806. The maximum atomic E-state index is 12.2. The summed E-state index contributed by atoms with van der Waals surface area (Å²) in [4.78, 5) is 12.2. The molecule has 0 amide bonds. The highest BCUT2D eigenvalue weighted by Gasteiger charge is 2.60. The zero-order valence-corrected chi connectivity index (χ0v) is 19.7. The van der Waals surface area contributed by atoms with E-state index in [1.165, 1.54) is 31.3 Å². The van der Waals surface area contributed by atoms with Crippen molar-refractivity contribution in [2.75, 3.05) is 6.54 Å². The van der Waals surface area contributed by atoms with Gasteiger partial charge in [0.2, 0.25) is 0 Å². The first-order chi connectivity index (χ1) is 14.8. The van der Waals surface area contributed by atoms with E-state index in [1.54, 1.807) is 5.57 Å². The maximum absolute atomic E-state index is 12.2. The molecule has 0 unspecified atom stereocenters. The Morgan fingerprint density at radius 1 is 1.16 bits per heavy atom. The molecule has 2 saturated heterocycles. The minimum absolute atomic E-state index is 0.105. The summed E-state index contributed by atoms with van der Waals surface area (Å²) in [7, 11) is 0. The van der Waals surface area contributed by atoms with Crippen molar-refractivity contribution in [1.29, 1.82) is 0 Å². The van der Waals surface area contributed by atoms with E-state index in [9.17, 15) is 9.90 Å². The highest BCUT2D eigenvalue weighted by molar-refractivity contribution is 5.79. The van der Waals surface area contributed by atoms with Gasteiger partial charge < -0.3 is 15.2 Å². The van der Waals surface area contributed by atoms with Gasteiger partial charge in [0, 0.05) is 12.8 Å². The summed E-state index contributed by atoms with van der Waals surface area (Å²) in [6.45, 7) is 8.13. The highest BCUT2D eigenvalue weighted by Crippen LogP contribution is 2.64. The standard InChI is InChI=1S/C27H41NO3/c1-15-10-23-24(28-14-15)25(30)27(31-23)9-7-19-20-5-4-17-11-18(29)6-8-26(17,3)22(20)12-21(19)16(2)13-27/h15,17,19-20,22-25,28,30H,4-14H2,1-3H3/t15-,17+,19-,20-,22-,23+,24+,25+,26-,27-/m0/s1. The molecule has 0 aromatic rings. The van der Waals surface area contributed by atoms with Gasteiger partial charge in [0.1, 0.15) is 11.9 Å². The van der Waals surface area contributed by atoms with Crippen molar-refractivity contribution in [3.8, 4) is 0 Å². The van der Waals surface area contributed by atoms with Crippen LogP contribution in [0, 0.1) is 35.0 Å². The third-order valence-electron chi connectivity index (χ3n) is 11.0. The zero-order chi connectivity index (χ0) is 21.5. The van der Waals surface area contributed by atoms with Crippen molar-refractivity contribution in [3.63, 3.8) is 0 Å². The van der Waals surface area contributed by atoms with E-state index in [0.29, 0.717) is 29.0 Å². The Morgan fingerprint density at radius 2 is 2.00 bits per heavy atom. The second-order valence-corrected chi connectivity index (χ2v) is 12.6. The lowest BCUT2D eigenvalue weighted by Gasteiger charge is -2.52. The van der Waals surface area contributed by atoms with Crippen molar-refractivity contribution in [2.45, 2.75) is 109 Å². The second kappa shape index (κ2) is 7.14. The number of piperidine rings is 1. The number of allylic oxidation sites excluding steroid dienone is 1. The first-order valence-corrected chi connectivity index (χ1v) is 13.1. The number of aliphatic hydroxyl groups is 1. The van der Waals surface area contributed by atoms with Crippen LogP contribution in [0.25, 0.3) is 0 Å². The number of Topliss-reactive ketones (excluding diaryl/α,β-unsaturated/α-hetero) is 1. The number of ether oxygens (including phenoxy) is 1. The topological polar surface area (TPSA) is 58.6 Å². The maximum Gasteiger partial charge on any atom is 0.133 e. The number of carbonyl (C=O) groups is 1. The van der Waals surface area contributed by atoms with E-state index in [0.717, 1.165) is 56.9 Å². The van der Waals surface area contributed by atoms with Gasteiger partial charge in [-0.15, -0.1) is 0 Å². The fraction of sp³-hybridized carbons (Fsp3) is 0.889. The lowest BCUT2D eigenvalue weighted by atomic mass is 9.52. The molecule has 0 aromatic heterocycles. The Morgan fingerprint density at radius 3 is 2.84 bits per heavy atom. The molecule has 4 heteroatoms. The molecule has 6 aliphatic rings. The van der Waals surface area contributed by atoms with Gasteiger partial charge >= 0.3 is 0 Å². The summed E-state index contributed by atoms with van der Waals surface area (Å²) in [6, 6.07) is 0.105. The minimum atomic E-state index is -0.396. The predicted octanol–water partition coefficient (Wildman–Crippen LogP) is 4.40. The summed E-state index contributed by atoms with van der Waals surface area (Å²) >= 11 is 0. The van der Waals surface area contributed by atoms with E-state index in [4.69, 9.17) is 4.74 Å². The highest BCUT2D eigenvalue weighted by atomic mass is 16.5. The largest absolute Gasteiger partial charge is 0.388 e. The Hall–Kier alpha value is -0.710. The fourth-order valence-corrected chi connectivity index (χ4v) is 9.25. The third-order valence-corrected chi connectivity index (χ3v) is 11.0. The van der Waals surface area contributed by atoms with Crippen molar-refractivity contribution in [2.24, 2.45) is 35.0 Å². The number of ketones is 1. The minimum Gasteiger partial charge on any atom is -0.388 e. The van der Waals surface area contributed by atoms with Crippen LogP contribution in [-0.4, -0.2) is 41.3 Å². The SMILES string of the molecule is CC1=C2C[C@H]3[C@@H](CC[C@@H]4CC(=O)CC[C@@]43C)[C@@H]2CC[C@@]2(C1)O[C@@H]1C[C@H](C)CN[C@H]1[C@H]2O. The Balaban J connectivity index is 1.28. The van der Waals surface area contributed by atoms with Gasteiger partial charge in [0.15, 0.2) is 0 Å². The van der Waals surface area contributed by atoms with Crippen LogP contribution >= 0.6 is 0 Å². The molecule has 6 rings (SSSR count). The first kappa shape index (κ1) is 20.9. The number of hydrogen-bond acceptors (Lipinski definition) is 4. The van der Waals surface area contributed by atoms with Gasteiger partial charge in [-0.05, 0) is 99.8 Å². The Kier molecular flexibility index (Phi) is 4.81. The second-order valence-electron chi connectivity index (χ2n) is 12.6. The van der Waals surface area contributed by atoms with E-state index in [-0.39, 0.29) is 17.7 Å². The monoisotopic (exact) mass is 427 g/mol. The van der Waals surface area contributed by atoms with Crippen LogP contribution in [0.4, 0.5) is 0 Å². The van der Waals surface area contributed by atoms with Crippen LogP contribution in [-0.2, 0) is 9.53 Å². The van der Waals surface area contributed by atoms with Gasteiger partial charge in [-0.3, -0.25) is 4.79 Å². The summed E-state index contributed by atoms with van der Waals surface area (Å²) in [6.07, 6.45) is 10.4. The lowest BCUT2D eigenvalue weighted by Crippen LogP contribution is -2.52. The number of nitrogens with one attached hydrogen (secondary N) is 1. The molecule has 10 atom stereocenters. The molecule has 0 aromatic carbocycles. The summed E-state index contributed by atoms with van der Waals surface area (Å²) < 4.78 is 6.76. The van der Waals surface area contributed by atoms with Crippen LogP contribution in [0.3, 0.4) is 0 Å². The van der Waals surface area contributed by atoms with Gasteiger partial charge in [-0.1, -0.05) is 25.0 Å². The van der Waals surface area contributed by atoms with Crippen LogP contribution < -0.4 is 5.32 Å². The molecule has 2 heterocycles. The predicted molar refractivity (Wildman–Crippen MR) is 121 cm³/mol. The molecule has 3 saturated carbocycles. The molecule has 0 bridgehead atoms. The Labute approximate surface area is 187 Å². The van der Waals surface area contributed by atoms with E-state index < -0.39 is 6.10 Å². The fourth-order valence-electron chi connectivity index (χ4n) is 9.25. The summed E-state index contributed by atoms with van der Waals surface area (Å²) in [5.41, 5.74) is 3.18. The number of rotatable bonds is 0. The molecule has 4 nitrogen and oxygen atoms in total. The quantitative estimate of drug-likeness (QED) is 0.563. The normalized spacial score (nSPS) is 54.3. The number of fused-ring (bicyclic) bond motifs is 6. The summed E-state index contributed by atoms with van der Waals surface area (Å²) in [5, 5.41) is 15.0. The van der Waals surface area contributed by atoms with Crippen molar-refractivity contribution >= 4 is 5.78 Å². The molecule has 5 fully saturated rings. The lowest BCUT2D eigenvalue weighted by molar-refractivity contribution is -0.130. The number of carbonyl (C=O) groups excluding carboxylic acids is 1. The van der Waals surface area contributed by atoms with Crippen molar-refractivity contribution in [3.05, 3.63) is 11.1 Å². The number of aliphatic hydroxyl groups excluding tert-OH is 1. The van der Waals surface area contributed by atoms with Crippen LogP contribution in [0.1, 0.15) is 85.0 Å².